The quantitative estimate of drug-likeness (QED) is 0.745. The molecule has 5 nitrogen and oxygen atoms in total. The molecular weight excluding hydrogens is 333 g/mol. The van der Waals surface area contributed by atoms with Gasteiger partial charge in [0.05, 0.1) is 22.8 Å². The molecule has 0 fully saturated rings. The molecule has 0 unspecified atom stereocenters. The van der Waals surface area contributed by atoms with E-state index in [4.69, 9.17) is 22.1 Å². The summed E-state index contributed by atoms with van der Waals surface area (Å²) < 4.78 is 19.1. The summed E-state index contributed by atoms with van der Waals surface area (Å²) in [7, 11) is 0. The number of nitrogens with zero attached hydrogens (tertiary/aromatic N) is 2. The number of alkyl halides is 1. The second kappa shape index (κ2) is 6.88. The van der Waals surface area contributed by atoms with Gasteiger partial charge in [0.25, 0.3) is 0 Å². The first-order valence-corrected chi connectivity index (χ1v) is 7.70. The van der Waals surface area contributed by atoms with E-state index in [1.54, 1.807) is 47.0 Å². The fraction of sp³-hybridized carbons (Fsp3) is 0.176. The average molecular weight is 348 g/mol. The average Bonchev–Trinajstić information content (AvgIpc) is 2.91. The van der Waals surface area contributed by atoms with Crippen molar-refractivity contribution in [3.63, 3.8) is 0 Å². The van der Waals surface area contributed by atoms with E-state index in [9.17, 15) is 9.18 Å². The maximum Gasteiger partial charge on any atom is 0.223 e. The number of carbonyl (C=O) groups excluding carboxylic acids is 1. The molecule has 7 heteroatoms. The molecule has 3 aromatic rings. The summed E-state index contributed by atoms with van der Waals surface area (Å²) in [6.45, 7) is -0.531. The zero-order valence-corrected chi connectivity index (χ0v) is 13.5. The van der Waals surface area contributed by atoms with Crippen molar-refractivity contribution in [2.24, 2.45) is 5.73 Å². The molecule has 2 heterocycles. The Bertz CT molecular complexity index is 877. The number of carbonyl (C=O) groups is 1. The van der Waals surface area contributed by atoms with Crippen molar-refractivity contribution in [3.8, 4) is 17.0 Å². The van der Waals surface area contributed by atoms with Gasteiger partial charge in [0.15, 0.2) is 0 Å². The molecular formula is C17H15ClFN3O2. The highest BCUT2D eigenvalue weighted by molar-refractivity contribution is 6.30. The third kappa shape index (κ3) is 3.33. The van der Waals surface area contributed by atoms with Gasteiger partial charge >= 0.3 is 0 Å². The van der Waals surface area contributed by atoms with Gasteiger partial charge in [0.2, 0.25) is 5.91 Å². The largest absolute Gasteiger partial charge is 0.491 e. The summed E-state index contributed by atoms with van der Waals surface area (Å²) in [6.07, 6.45) is 1.74. The lowest BCUT2D eigenvalue weighted by molar-refractivity contribution is -0.117. The molecule has 124 valence electrons. The highest BCUT2D eigenvalue weighted by Gasteiger charge is 2.16. The third-order valence-electron chi connectivity index (χ3n) is 3.50. The number of fused-ring (bicyclic) bond motifs is 1. The molecule has 0 saturated heterocycles. The van der Waals surface area contributed by atoms with Crippen LogP contribution in [0.2, 0.25) is 5.02 Å². The number of pyridine rings is 1. The standard InChI is InChI=1S/C17H15ClFN3O2/c18-12-3-6-16-21-17(14(9-15(20)23)22(16)10-12)11-1-4-13(5-2-11)24-8-7-19/h1-6,10H,7-9H2,(H2,20,23). The van der Waals surface area contributed by atoms with E-state index in [1.807, 2.05) is 0 Å². The van der Waals surface area contributed by atoms with Gasteiger partial charge in [-0.2, -0.15) is 0 Å². The van der Waals surface area contributed by atoms with E-state index in [-0.39, 0.29) is 13.0 Å². The van der Waals surface area contributed by atoms with Crippen LogP contribution in [0.3, 0.4) is 0 Å². The van der Waals surface area contributed by atoms with E-state index in [2.05, 4.69) is 4.98 Å². The van der Waals surface area contributed by atoms with Crippen LogP contribution in [0.1, 0.15) is 5.69 Å². The van der Waals surface area contributed by atoms with Crippen LogP contribution in [0.4, 0.5) is 4.39 Å². The Kier molecular flexibility index (Phi) is 4.66. The van der Waals surface area contributed by atoms with Gasteiger partial charge in [-0.1, -0.05) is 11.6 Å². The second-order valence-corrected chi connectivity index (χ2v) is 5.62. The molecule has 3 rings (SSSR count). The number of hydrogen-bond donors (Lipinski definition) is 1. The summed E-state index contributed by atoms with van der Waals surface area (Å²) >= 11 is 6.04. The van der Waals surface area contributed by atoms with Crippen LogP contribution in [0.25, 0.3) is 16.9 Å². The van der Waals surface area contributed by atoms with Crippen LogP contribution >= 0.6 is 11.6 Å². The molecule has 1 amide bonds. The molecule has 0 radical (unpaired) electrons. The summed E-state index contributed by atoms with van der Waals surface area (Å²) in [4.78, 5) is 16.0. The number of imidazole rings is 1. The lowest BCUT2D eigenvalue weighted by atomic mass is 10.1. The number of amides is 1. The number of hydrogen-bond acceptors (Lipinski definition) is 3. The van der Waals surface area contributed by atoms with Gasteiger partial charge in [0, 0.05) is 11.8 Å². The molecule has 0 bridgehead atoms. The minimum Gasteiger partial charge on any atom is -0.491 e. The Labute approximate surface area is 142 Å². The molecule has 24 heavy (non-hydrogen) atoms. The Morgan fingerprint density at radius 1 is 1.25 bits per heavy atom. The van der Waals surface area contributed by atoms with E-state index in [1.165, 1.54) is 0 Å². The first-order valence-electron chi connectivity index (χ1n) is 7.32. The predicted molar refractivity (Wildman–Crippen MR) is 90.0 cm³/mol. The topological polar surface area (TPSA) is 69.6 Å². The van der Waals surface area contributed by atoms with Crippen molar-refractivity contribution in [1.82, 2.24) is 9.38 Å². The Balaban J connectivity index is 2.05. The molecule has 0 saturated carbocycles. The zero-order valence-electron chi connectivity index (χ0n) is 12.7. The molecule has 0 aliphatic heterocycles. The van der Waals surface area contributed by atoms with Crippen LogP contribution in [0.5, 0.6) is 5.75 Å². The van der Waals surface area contributed by atoms with Crippen LogP contribution < -0.4 is 10.5 Å². The van der Waals surface area contributed by atoms with Gasteiger partial charge in [-0.3, -0.25) is 4.79 Å². The van der Waals surface area contributed by atoms with Crippen LogP contribution in [-0.4, -0.2) is 28.6 Å². The summed E-state index contributed by atoms with van der Waals surface area (Å²) in [6, 6.07) is 10.6. The maximum absolute atomic E-state index is 12.2. The van der Waals surface area contributed by atoms with Gasteiger partial charge < -0.3 is 14.9 Å². The number of aromatic nitrogens is 2. The molecule has 1 aromatic carbocycles. The molecule has 0 spiro atoms. The van der Waals surface area contributed by atoms with Gasteiger partial charge in [0.1, 0.15) is 24.7 Å². The monoisotopic (exact) mass is 347 g/mol. The van der Waals surface area contributed by atoms with Crippen LogP contribution in [-0.2, 0) is 11.2 Å². The molecule has 0 aliphatic carbocycles. The normalized spacial score (nSPS) is 10.9. The maximum atomic E-state index is 12.2. The van der Waals surface area contributed by atoms with E-state index >= 15 is 0 Å². The first-order chi connectivity index (χ1) is 11.6. The van der Waals surface area contributed by atoms with Crippen molar-refractivity contribution >= 4 is 23.2 Å². The van der Waals surface area contributed by atoms with Crippen LogP contribution in [0.15, 0.2) is 42.6 Å². The molecule has 0 atom stereocenters. The van der Waals surface area contributed by atoms with E-state index in [0.717, 1.165) is 5.56 Å². The van der Waals surface area contributed by atoms with Crippen molar-refractivity contribution in [2.45, 2.75) is 6.42 Å². The van der Waals surface area contributed by atoms with Crippen molar-refractivity contribution in [3.05, 3.63) is 53.3 Å². The molecule has 2 N–H and O–H groups in total. The minimum atomic E-state index is -0.544. The fourth-order valence-electron chi connectivity index (χ4n) is 2.50. The van der Waals surface area contributed by atoms with Crippen molar-refractivity contribution in [2.75, 3.05) is 13.3 Å². The third-order valence-corrected chi connectivity index (χ3v) is 3.72. The summed E-state index contributed by atoms with van der Waals surface area (Å²) in [5.41, 5.74) is 8.15. The number of halogens is 2. The van der Waals surface area contributed by atoms with Gasteiger partial charge in [-0.05, 0) is 36.4 Å². The smallest absolute Gasteiger partial charge is 0.223 e. The highest BCUT2D eigenvalue weighted by Crippen LogP contribution is 2.27. The minimum absolute atomic E-state index is 0.0130. The van der Waals surface area contributed by atoms with E-state index in [0.29, 0.717) is 27.8 Å². The number of ether oxygens (including phenoxy) is 1. The second-order valence-electron chi connectivity index (χ2n) is 5.19. The predicted octanol–water partition coefficient (Wildman–Crippen LogP) is 3.03. The number of nitrogens with two attached hydrogens (primary N) is 1. The van der Waals surface area contributed by atoms with Crippen LogP contribution in [0, 0.1) is 0 Å². The van der Waals surface area contributed by atoms with E-state index < -0.39 is 12.6 Å². The first kappa shape index (κ1) is 16.3. The van der Waals surface area contributed by atoms with Crippen molar-refractivity contribution < 1.29 is 13.9 Å². The molecule has 2 aromatic heterocycles. The molecule has 0 aliphatic rings. The summed E-state index contributed by atoms with van der Waals surface area (Å²) in [5.74, 6) is 0.112. The Morgan fingerprint density at radius 3 is 2.67 bits per heavy atom. The number of primary amides is 1. The highest BCUT2D eigenvalue weighted by atomic mass is 35.5. The van der Waals surface area contributed by atoms with Gasteiger partial charge in [-0.25, -0.2) is 9.37 Å². The number of rotatable bonds is 6. The SMILES string of the molecule is NC(=O)Cc1c(-c2ccc(OCCF)cc2)nc2ccc(Cl)cn12. The zero-order chi connectivity index (χ0) is 17.1. The fourth-order valence-corrected chi connectivity index (χ4v) is 2.66. The lowest BCUT2D eigenvalue weighted by Gasteiger charge is -2.06. The van der Waals surface area contributed by atoms with Gasteiger partial charge in [-0.15, -0.1) is 0 Å². The number of benzene rings is 1. The van der Waals surface area contributed by atoms with Crippen molar-refractivity contribution in [1.29, 1.82) is 0 Å². The lowest BCUT2D eigenvalue weighted by Crippen LogP contribution is -2.15. The summed E-state index contributed by atoms with van der Waals surface area (Å²) in [5, 5.41) is 0.534. The Hall–Kier alpha value is -2.60. The Morgan fingerprint density at radius 2 is 2.00 bits per heavy atom.